The molecule has 60 valence electrons. The zero-order valence-electron chi connectivity index (χ0n) is 5.77. The van der Waals surface area contributed by atoms with Gasteiger partial charge in [0, 0.05) is 18.9 Å². The van der Waals surface area contributed by atoms with Crippen LogP contribution in [0.15, 0.2) is 0 Å². The van der Waals surface area contributed by atoms with E-state index in [1.54, 1.807) is 0 Å². The molecule has 4 heteroatoms. The van der Waals surface area contributed by atoms with E-state index in [-0.39, 0.29) is 18.6 Å². The van der Waals surface area contributed by atoms with Crippen LogP contribution in [0.5, 0.6) is 0 Å². The van der Waals surface area contributed by atoms with Gasteiger partial charge in [0.1, 0.15) is 12.1 Å². The summed E-state index contributed by atoms with van der Waals surface area (Å²) in [7, 11) is 0. The van der Waals surface area contributed by atoms with E-state index >= 15 is 0 Å². The summed E-state index contributed by atoms with van der Waals surface area (Å²) in [4.78, 5) is 0. The van der Waals surface area contributed by atoms with E-state index < -0.39 is 12.2 Å². The molecular weight excluding hydrogens is 134 g/mol. The van der Waals surface area contributed by atoms with Crippen LogP contribution in [-0.2, 0) is 0 Å². The largest absolute Gasteiger partial charge is 0.396 e. The van der Waals surface area contributed by atoms with E-state index in [1.165, 1.54) is 0 Å². The molecule has 1 aliphatic carbocycles. The van der Waals surface area contributed by atoms with Crippen molar-refractivity contribution in [2.75, 3.05) is 6.61 Å². The van der Waals surface area contributed by atoms with Gasteiger partial charge in [-0.3, -0.25) is 0 Å². The van der Waals surface area contributed by atoms with Crippen molar-refractivity contribution in [3.05, 3.63) is 0 Å². The van der Waals surface area contributed by atoms with Gasteiger partial charge in [-0.1, -0.05) is 0 Å². The van der Waals surface area contributed by atoms with Gasteiger partial charge in [-0.25, -0.2) is 0 Å². The average molecular weight is 148 g/mol. The predicted molar refractivity (Wildman–Crippen MR) is 33.9 cm³/mol. The normalized spacial score (nSPS) is 48.0. The van der Waals surface area contributed by atoms with Crippen molar-refractivity contribution in [3.63, 3.8) is 0 Å². The predicted octanol–water partition coefficient (Wildman–Crippen LogP) is -2.67. The highest BCUT2D eigenvalue weighted by Crippen LogP contribution is 2.23. The second-order valence-electron chi connectivity index (χ2n) is 2.92. The first-order valence-corrected chi connectivity index (χ1v) is 3.47. The number of rotatable bonds is 1. The fraction of sp³-hybridized carbons (Fsp3) is 1.00. The smallest absolute Gasteiger partial charge is 0.132 e. The maximum atomic E-state index is 9.18. The Morgan fingerprint density at radius 2 is 1.90 bits per heavy atom. The monoisotopic (exact) mass is 148 g/mol. The molecule has 10 heavy (non-hydrogen) atoms. The summed E-state index contributed by atoms with van der Waals surface area (Å²) >= 11 is 0. The number of hydrogen-bond donors (Lipinski definition) is 4. The third-order valence-corrected chi connectivity index (χ3v) is 2.16. The van der Waals surface area contributed by atoms with E-state index in [0.29, 0.717) is 6.42 Å². The molecule has 4 nitrogen and oxygen atoms in total. The molecule has 0 amide bonds. The third kappa shape index (κ3) is 1.15. The van der Waals surface area contributed by atoms with Gasteiger partial charge in [0.2, 0.25) is 0 Å². The molecule has 0 heterocycles. The molecule has 6 N–H and O–H groups in total. The van der Waals surface area contributed by atoms with Gasteiger partial charge in [0.25, 0.3) is 0 Å². The fourth-order valence-electron chi connectivity index (χ4n) is 1.41. The van der Waals surface area contributed by atoms with E-state index in [1.807, 2.05) is 0 Å². The number of aliphatic hydroxyl groups is 3. The lowest BCUT2D eigenvalue weighted by molar-refractivity contribution is -0.434. The van der Waals surface area contributed by atoms with Crippen molar-refractivity contribution in [1.29, 1.82) is 0 Å². The Kier molecular flexibility index (Phi) is 2.25. The quantitative estimate of drug-likeness (QED) is 0.327. The molecule has 1 aliphatic rings. The summed E-state index contributed by atoms with van der Waals surface area (Å²) in [6, 6.07) is -0.132. The van der Waals surface area contributed by atoms with Crippen LogP contribution in [0.1, 0.15) is 6.42 Å². The Bertz CT molecular complexity index is 120. The Morgan fingerprint density at radius 3 is 2.10 bits per heavy atom. The zero-order chi connectivity index (χ0) is 7.72. The molecule has 0 aromatic carbocycles. The molecule has 1 saturated carbocycles. The molecule has 0 spiro atoms. The Balaban J connectivity index is 2.53. The molecule has 1 fully saturated rings. The Morgan fingerprint density at radius 1 is 1.30 bits per heavy atom. The van der Waals surface area contributed by atoms with Crippen LogP contribution in [0.25, 0.3) is 0 Å². The summed E-state index contributed by atoms with van der Waals surface area (Å²) in [5.41, 5.74) is 3.65. The number of aliphatic hydroxyl groups excluding tert-OH is 3. The molecule has 0 aliphatic heterocycles. The van der Waals surface area contributed by atoms with Crippen molar-refractivity contribution in [1.82, 2.24) is 0 Å². The second kappa shape index (κ2) is 2.84. The minimum absolute atomic E-state index is 0.0652. The average Bonchev–Trinajstić information content (AvgIpc) is 2.17. The summed E-state index contributed by atoms with van der Waals surface area (Å²) in [5, 5.41) is 27.0. The molecule has 0 aromatic heterocycles. The van der Waals surface area contributed by atoms with Crippen LogP contribution in [-0.4, -0.2) is 40.2 Å². The van der Waals surface area contributed by atoms with Crippen LogP contribution >= 0.6 is 0 Å². The van der Waals surface area contributed by atoms with Gasteiger partial charge >= 0.3 is 0 Å². The lowest BCUT2D eigenvalue weighted by Crippen LogP contribution is -2.65. The highest BCUT2D eigenvalue weighted by molar-refractivity contribution is 4.89. The van der Waals surface area contributed by atoms with Crippen LogP contribution in [0.3, 0.4) is 0 Å². The second-order valence-corrected chi connectivity index (χ2v) is 2.92. The molecule has 0 saturated heterocycles. The summed E-state index contributed by atoms with van der Waals surface area (Å²) in [5.74, 6) is -0.183. The maximum absolute atomic E-state index is 9.18. The molecule has 0 radical (unpaired) electrons. The zero-order valence-corrected chi connectivity index (χ0v) is 5.77. The maximum Gasteiger partial charge on any atom is 0.132 e. The minimum Gasteiger partial charge on any atom is -0.396 e. The molecule has 0 aromatic rings. The van der Waals surface area contributed by atoms with Crippen LogP contribution in [0.2, 0.25) is 0 Å². The van der Waals surface area contributed by atoms with Gasteiger partial charge in [-0.2, -0.15) is 0 Å². The van der Waals surface area contributed by atoms with Gasteiger partial charge < -0.3 is 21.1 Å². The Hall–Kier alpha value is -0.160. The number of quaternary nitrogens is 1. The van der Waals surface area contributed by atoms with Crippen LogP contribution in [0.4, 0.5) is 0 Å². The lowest BCUT2D eigenvalue weighted by atomic mass is 10.1. The first-order valence-electron chi connectivity index (χ1n) is 3.47. The van der Waals surface area contributed by atoms with Gasteiger partial charge in [0.15, 0.2) is 0 Å². The highest BCUT2D eigenvalue weighted by atomic mass is 16.3. The molecule has 1 rings (SSSR count). The van der Waals surface area contributed by atoms with E-state index in [4.69, 9.17) is 10.2 Å². The summed E-state index contributed by atoms with van der Waals surface area (Å²) < 4.78 is 0. The molecule has 0 bridgehead atoms. The van der Waals surface area contributed by atoms with Crippen molar-refractivity contribution in [2.24, 2.45) is 5.92 Å². The molecule has 4 atom stereocenters. The summed E-state index contributed by atoms with van der Waals surface area (Å²) in [6.45, 7) is -0.0652. The van der Waals surface area contributed by atoms with Crippen LogP contribution in [0, 0.1) is 5.92 Å². The summed E-state index contributed by atoms with van der Waals surface area (Å²) in [6.07, 6.45) is -0.927. The fourth-order valence-corrected chi connectivity index (χ4v) is 1.41. The standard InChI is InChI=1S/C6H13NO3/c7-4-1-3(2-8)5(9)6(4)10/h3-6,8-10H,1-2,7H2/p+1/t3-,4-,5-,6+/m0/s1. The van der Waals surface area contributed by atoms with Crippen molar-refractivity contribution >= 4 is 0 Å². The van der Waals surface area contributed by atoms with Gasteiger partial charge in [-0.15, -0.1) is 0 Å². The SMILES string of the molecule is [NH3+][C@H]1C[C@@H](CO)[C@H](O)[C@@H]1O. The first-order chi connectivity index (χ1) is 4.66. The topological polar surface area (TPSA) is 88.3 Å². The van der Waals surface area contributed by atoms with E-state index in [2.05, 4.69) is 5.73 Å². The van der Waals surface area contributed by atoms with Crippen molar-refractivity contribution in [3.8, 4) is 0 Å². The molecular formula is C6H14NO3+. The van der Waals surface area contributed by atoms with Gasteiger partial charge in [0.05, 0.1) is 6.10 Å². The van der Waals surface area contributed by atoms with Crippen molar-refractivity contribution in [2.45, 2.75) is 24.7 Å². The molecule has 0 unspecified atom stereocenters. The van der Waals surface area contributed by atoms with E-state index in [0.717, 1.165) is 0 Å². The van der Waals surface area contributed by atoms with E-state index in [9.17, 15) is 5.11 Å². The Labute approximate surface area is 59.3 Å². The number of hydrogen-bond acceptors (Lipinski definition) is 3. The van der Waals surface area contributed by atoms with Crippen LogP contribution < -0.4 is 5.73 Å². The van der Waals surface area contributed by atoms with Gasteiger partial charge in [-0.05, 0) is 0 Å². The third-order valence-electron chi connectivity index (χ3n) is 2.16. The van der Waals surface area contributed by atoms with Crippen molar-refractivity contribution < 1.29 is 21.1 Å². The minimum atomic E-state index is -0.785. The highest BCUT2D eigenvalue weighted by Gasteiger charge is 2.41. The lowest BCUT2D eigenvalue weighted by Gasteiger charge is -2.11. The first kappa shape index (κ1) is 7.94.